The molecule has 2 heterocycles. The number of halogens is 1. The van der Waals surface area contributed by atoms with Gasteiger partial charge in [0.05, 0.1) is 6.54 Å². The Bertz CT molecular complexity index is 1070. The molecule has 1 aromatic carbocycles. The predicted octanol–water partition coefficient (Wildman–Crippen LogP) is 0.930. The fourth-order valence-corrected chi connectivity index (χ4v) is 3.05. The Morgan fingerprint density at radius 3 is 2.69 bits per heavy atom. The molecular formula is C17H20ClN5O3. The molecule has 8 nitrogen and oxygen atoms in total. The molecule has 0 fully saturated rings. The Hall–Kier alpha value is -2.58. The lowest BCUT2D eigenvalue weighted by atomic mass is 10.2. The van der Waals surface area contributed by atoms with Crippen LogP contribution in [0.15, 0.2) is 33.9 Å². The molecule has 0 unspecified atom stereocenters. The number of aryl methyl sites for hydroxylation is 2. The van der Waals surface area contributed by atoms with Crippen molar-refractivity contribution < 1.29 is 5.11 Å². The molecule has 138 valence electrons. The van der Waals surface area contributed by atoms with E-state index >= 15 is 0 Å². The number of aliphatic hydroxyl groups excluding tert-OH is 1. The van der Waals surface area contributed by atoms with E-state index in [1.54, 1.807) is 36.9 Å². The maximum Gasteiger partial charge on any atom is 0.332 e. The molecule has 3 aromatic rings. The molecule has 0 saturated carbocycles. The topological polar surface area (TPSA) is 94.1 Å². The molecule has 0 atom stereocenters. The highest BCUT2D eigenvalue weighted by Gasteiger charge is 2.18. The van der Waals surface area contributed by atoms with Crippen molar-refractivity contribution in [3.63, 3.8) is 0 Å². The first kappa shape index (κ1) is 18.2. The lowest BCUT2D eigenvalue weighted by Crippen LogP contribution is -2.39. The normalized spacial score (nSPS) is 11.2. The number of anilines is 1. The van der Waals surface area contributed by atoms with Crippen LogP contribution < -0.4 is 16.6 Å². The number of fused-ring (bicyclic) bond motifs is 1. The van der Waals surface area contributed by atoms with Crippen LogP contribution in [0.2, 0.25) is 5.02 Å². The Balaban J connectivity index is 2.12. The largest absolute Gasteiger partial charge is 0.396 e. The van der Waals surface area contributed by atoms with Gasteiger partial charge in [-0.25, -0.2) is 4.79 Å². The van der Waals surface area contributed by atoms with Crippen molar-refractivity contribution in [2.24, 2.45) is 14.1 Å². The number of aromatic nitrogens is 4. The molecule has 0 amide bonds. The van der Waals surface area contributed by atoms with Crippen LogP contribution in [-0.2, 0) is 20.6 Å². The molecule has 3 rings (SSSR count). The third-order valence-corrected chi connectivity index (χ3v) is 4.44. The van der Waals surface area contributed by atoms with Gasteiger partial charge in [0.1, 0.15) is 0 Å². The number of hydrogen-bond donors (Lipinski definition) is 2. The summed E-state index contributed by atoms with van der Waals surface area (Å²) in [5, 5.41) is 12.5. The van der Waals surface area contributed by atoms with Crippen LogP contribution in [0.5, 0.6) is 0 Å². The molecule has 0 aliphatic carbocycles. The summed E-state index contributed by atoms with van der Waals surface area (Å²) in [5.74, 6) is 0.473. The van der Waals surface area contributed by atoms with Crippen LogP contribution in [0.25, 0.3) is 11.2 Å². The average molecular weight is 378 g/mol. The van der Waals surface area contributed by atoms with E-state index in [-0.39, 0.29) is 13.2 Å². The van der Waals surface area contributed by atoms with Crippen LogP contribution in [-0.4, -0.2) is 36.9 Å². The van der Waals surface area contributed by atoms with Gasteiger partial charge in [-0.15, -0.1) is 0 Å². The molecule has 2 aromatic heterocycles. The van der Waals surface area contributed by atoms with Crippen molar-refractivity contribution >= 4 is 28.7 Å². The maximum absolute atomic E-state index is 12.9. The second-order valence-electron chi connectivity index (χ2n) is 6.03. The molecule has 0 spiro atoms. The lowest BCUT2D eigenvalue weighted by Gasteiger charge is -2.09. The van der Waals surface area contributed by atoms with Gasteiger partial charge in [-0.2, -0.15) is 4.98 Å². The Morgan fingerprint density at radius 2 is 2.00 bits per heavy atom. The second-order valence-corrected chi connectivity index (χ2v) is 6.47. The first-order valence-electron chi connectivity index (χ1n) is 8.19. The molecule has 0 aliphatic rings. The summed E-state index contributed by atoms with van der Waals surface area (Å²) in [6, 6.07) is 7.05. The minimum absolute atomic E-state index is 0.0574. The van der Waals surface area contributed by atoms with Crippen molar-refractivity contribution in [3.8, 4) is 0 Å². The third kappa shape index (κ3) is 3.25. The molecule has 0 radical (unpaired) electrons. The summed E-state index contributed by atoms with van der Waals surface area (Å²) >= 11 is 6.00. The monoisotopic (exact) mass is 377 g/mol. The van der Waals surface area contributed by atoms with Gasteiger partial charge in [-0.05, 0) is 24.1 Å². The van der Waals surface area contributed by atoms with Crippen molar-refractivity contribution in [2.45, 2.75) is 13.0 Å². The number of aliphatic hydroxyl groups is 1. The van der Waals surface area contributed by atoms with Gasteiger partial charge in [-0.3, -0.25) is 13.9 Å². The molecule has 0 bridgehead atoms. The Kier molecular flexibility index (Phi) is 5.15. The fraction of sp³-hybridized carbons (Fsp3) is 0.353. The summed E-state index contributed by atoms with van der Waals surface area (Å²) in [4.78, 5) is 30.0. The highest BCUT2D eigenvalue weighted by atomic mass is 35.5. The van der Waals surface area contributed by atoms with E-state index in [4.69, 9.17) is 16.7 Å². The number of nitrogens with zero attached hydrogens (tertiary/aromatic N) is 4. The zero-order valence-corrected chi connectivity index (χ0v) is 15.3. The van der Waals surface area contributed by atoms with Gasteiger partial charge in [0.25, 0.3) is 5.56 Å². The number of imidazole rings is 1. The van der Waals surface area contributed by atoms with Gasteiger partial charge in [-0.1, -0.05) is 23.7 Å². The maximum atomic E-state index is 12.9. The van der Waals surface area contributed by atoms with E-state index in [9.17, 15) is 9.59 Å². The van der Waals surface area contributed by atoms with E-state index in [2.05, 4.69) is 10.3 Å². The van der Waals surface area contributed by atoms with Crippen molar-refractivity contribution in [1.82, 2.24) is 18.7 Å². The first-order valence-corrected chi connectivity index (χ1v) is 8.57. The average Bonchev–Trinajstić information content (AvgIpc) is 2.94. The van der Waals surface area contributed by atoms with Crippen LogP contribution in [0.3, 0.4) is 0 Å². The predicted molar refractivity (Wildman–Crippen MR) is 101 cm³/mol. The van der Waals surface area contributed by atoms with Crippen LogP contribution in [0.1, 0.15) is 12.0 Å². The van der Waals surface area contributed by atoms with E-state index in [0.717, 1.165) is 5.56 Å². The van der Waals surface area contributed by atoms with Crippen LogP contribution in [0.4, 0.5) is 5.95 Å². The third-order valence-electron chi connectivity index (χ3n) is 4.21. The summed E-state index contributed by atoms with van der Waals surface area (Å²) < 4.78 is 4.16. The number of rotatable bonds is 6. The molecule has 26 heavy (non-hydrogen) atoms. The number of nitrogens with one attached hydrogen (secondary N) is 1. The second kappa shape index (κ2) is 7.35. The highest BCUT2D eigenvalue weighted by Crippen LogP contribution is 2.14. The zero-order chi connectivity index (χ0) is 18.8. The minimum atomic E-state index is -0.442. The van der Waals surface area contributed by atoms with Gasteiger partial charge < -0.3 is 15.0 Å². The molecular weight excluding hydrogens is 358 g/mol. The van der Waals surface area contributed by atoms with E-state index in [0.29, 0.717) is 35.1 Å². The minimum Gasteiger partial charge on any atom is -0.396 e. The summed E-state index contributed by atoms with van der Waals surface area (Å²) in [6.07, 6.45) is 0.557. The van der Waals surface area contributed by atoms with E-state index in [1.807, 2.05) is 6.07 Å². The van der Waals surface area contributed by atoms with E-state index < -0.39 is 11.2 Å². The summed E-state index contributed by atoms with van der Waals surface area (Å²) in [6.45, 7) is 0.695. The Morgan fingerprint density at radius 1 is 1.23 bits per heavy atom. The van der Waals surface area contributed by atoms with Crippen LogP contribution in [0, 0.1) is 0 Å². The standard InChI is InChI=1S/C17H20ClN5O3/c1-21-13-14(20-16(21)19-7-4-8-24)22(2)17(26)23(15(13)25)10-11-5-3-6-12(18)9-11/h3,5-6,9,24H,4,7-8,10H2,1-2H3,(H,19,20). The number of benzene rings is 1. The molecule has 0 aliphatic heterocycles. The van der Waals surface area contributed by atoms with Gasteiger partial charge in [0.15, 0.2) is 11.2 Å². The molecule has 2 N–H and O–H groups in total. The Labute approximate surface area is 154 Å². The zero-order valence-electron chi connectivity index (χ0n) is 14.6. The van der Waals surface area contributed by atoms with Gasteiger partial charge >= 0.3 is 5.69 Å². The summed E-state index contributed by atoms with van der Waals surface area (Å²) in [5.41, 5.74) is 0.562. The van der Waals surface area contributed by atoms with Crippen molar-refractivity contribution in [1.29, 1.82) is 0 Å². The SMILES string of the molecule is Cn1c(NCCCO)nc2c1c(=O)n(Cc1cccc(Cl)c1)c(=O)n2C. The quantitative estimate of drug-likeness (QED) is 0.623. The van der Waals surface area contributed by atoms with Gasteiger partial charge in [0, 0.05) is 32.3 Å². The fourth-order valence-electron chi connectivity index (χ4n) is 2.84. The van der Waals surface area contributed by atoms with Crippen molar-refractivity contribution in [2.75, 3.05) is 18.5 Å². The first-order chi connectivity index (χ1) is 12.4. The van der Waals surface area contributed by atoms with Crippen molar-refractivity contribution in [3.05, 3.63) is 55.7 Å². The molecule has 9 heteroatoms. The van der Waals surface area contributed by atoms with Gasteiger partial charge in [0.2, 0.25) is 5.95 Å². The van der Waals surface area contributed by atoms with E-state index in [1.165, 1.54) is 9.13 Å². The molecule has 0 saturated heterocycles. The van der Waals surface area contributed by atoms with Crippen LogP contribution >= 0.6 is 11.6 Å². The summed E-state index contributed by atoms with van der Waals surface area (Å²) in [7, 11) is 3.30. The lowest BCUT2D eigenvalue weighted by molar-refractivity contribution is 0.292. The number of hydrogen-bond acceptors (Lipinski definition) is 5. The smallest absolute Gasteiger partial charge is 0.332 e. The highest BCUT2D eigenvalue weighted by molar-refractivity contribution is 6.30.